The number of likely N-dealkylation sites (tertiary alicyclic amines) is 2. The van der Waals surface area contributed by atoms with E-state index in [1.54, 1.807) is 0 Å². The lowest BCUT2D eigenvalue weighted by Crippen LogP contribution is -2.35. The van der Waals surface area contributed by atoms with Crippen LogP contribution < -0.4 is 0 Å². The second kappa shape index (κ2) is 5.83. The normalized spacial score (nSPS) is 29.0. The van der Waals surface area contributed by atoms with Crippen LogP contribution in [0.3, 0.4) is 0 Å². The van der Waals surface area contributed by atoms with Crippen molar-refractivity contribution in [3.05, 3.63) is 0 Å². The van der Waals surface area contributed by atoms with Crippen molar-refractivity contribution in [3.63, 3.8) is 0 Å². The number of aliphatic hydroxyl groups excluding tert-OH is 1. The van der Waals surface area contributed by atoms with E-state index in [1.165, 1.54) is 52.0 Å². The molecule has 2 saturated heterocycles. The van der Waals surface area contributed by atoms with Crippen LogP contribution in [0.1, 0.15) is 32.1 Å². The first-order chi connectivity index (χ1) is 7.40. The minimum atomic E-state index is 0.351. The van der Waals surface area contributed by atoms with Crippen LogP contribution in [0.4, 0.5) is 0 Å². The zero-order valence-electron chi connectivity index (χ0n) is 9.70. The predicted molar refractivity (Wildman–Crippen MR) is 62.0 cm³/mol. The molecule has 0 bridgehead atoms. The summed E-state index contributed by atoms with van der Waals surface area (Å²) >= 11 is 0. The quantitative estimate of drug-likeness (QED) is 0.687. The maximum absolute atomic E-state index is 8.74. The fraction of sp³-hybridized carbons (Fsp3) is 1.00. The molecule has 0 aliphatic carbocycles. The molecular formula is C12H24N2O. The van der Waals surface area contributed by atoms with E-state index >= 15 is 0 Å². The lowest BCUT2D eigenvalue weighted by Gasteiger charge is -2.23. The number of hydrogen-bond donors (Lipinski definition) is 1. The molecule has 2 aliphatic rings. The van der Waals surface area contributed by atoms with Crippen molar-refractivity contribution < 1.29 is 5.11 Å². The number of hydrogen-bond acceptors (Lipinski definition) is 3. The molecule has 0 aromatic carbocycles. The Morgan fingerprint density at radius 3 is 2.60 bits per heavy atom. The van der Waals surface area contributed by atoms with Crippen LogP contribution >= 0.6 is 0 Å². The summed E-state index contributed by atoms with van der Waals surface area (Å²) < 4.78 is 0. The molecule has 1 atom stereocenters. The van der Waals surface area contributed by atoms with E-state index < -0.39 is 0 Å². The van der Waals surface area contributed by atoms with Gasteiger partial charge in [-0.2, -0.15) is 0 Å². The maximum atomic E-state index is 8.74. The first-order valence-corrected chi connectivity index (χ1v) is 6.47. The van der Waals surface area contributed by atoms with Gasteiger partial charge in [-0.1, -0.05) is 0 Å². The van der Waals surface area contributed by atoms with Gasteiger partial charge in [-0.25, -0.2) is 0 Å². The first kappa shape index (κ1) is 11.4. The molecule has 2 heterocycles. The van der Waals surface area contributed by atoms with Crippen LogP contribution in [-0.4, -0.2) is 60.3 Å². The van der Waals surface area contributed by atoms with Crippen LogP contribution in [0.25, 0.3) is 0 Å². The number of unbranched alkanes of at least 4 members (excludes halogenated alkanes) is 1. The van der Waals surface area contributed by atoms with E-state index in [2.05, 4.69) is 9.80 Å². The maximum Gasteiger partial charge on any atom is 0.0431 e. The molecule has 2 rings (SSSR count). The Balaban J connectivity index is 1.65. The van der Waals surface area contributed by atoms with Gasteiger partial charge >= 0.3 is 0 Å². The Bertz CT molecular complexity index is 180. The summed E-state index contributed by atoms with van der Waals surface area (Å²) in [7, 11) is 0. The highest BCUT2D eigenvalue weighted by atomic mass is 16.2. The van der Waals surface area contributed by atoms with Gasteiger partial charge in [-0.3, -0.25) is 4.90 Å². The van der Waals surface area contributed by atoms with Gasteiger partial charge in [0, 0.05) is 19.2 Å². The Kier molecular flexibility index (Phi) is 4.42. The molecule has 0 saturated carbocycles. The monoisotopic (exact) mass is 212 g/mol. The van der Waals surface area contributed by atoms with Crippen molar-refractivity contribution in [2.45, 2.75) is 38.1 Å². The van der Waals surface area contributed by atoms with Gasteiger partial charge in [0.2, 0.25) is 0 Å². The van der Waals surface area contributed by atoms with Crippen molar-refractivity contribution in [2.24, 2.45) is 0 Å². The third-order valence-corrected chi connectivity index (χ3v) is 3.79. The van der Waals surface area contributed by atoms with E-state index in [1.807, 2.05) is 0 Å². The summed E-state index contributed by atoms with van der Waals surface area (Å²) in [6.07, 6.45) is 6.29. The molecule has 88 valence electrons. The Morgan fingerprint density at radius 2 is 1.87 bits per heavy atom. The summed E-state index contributed by atoms with van der Waals surface area (Å²) in [6, 6.07) is 0.835. The van der Waals surface area contributed by atoms with Gasteiger partial charge in [0.1, 0.15) is 0 Å². The lowest BCUT2D eigenvalue weighted by molar-refractivity contribution is 0.225. The van der Waals surface area contributed by atoms with Crippen molar-refractivity contribution in [1.82, 2.24) is 9.80 Å². The molecule has 0 spiro atoms. The molecule has 15 heavy (non-hydrogen) atoms. The topological polar surface area (TPSA) is 26.7 Å². The molecule has 1 unspecified atom stereocenters. The highest BCUT2D eigenvalue weighted by Gasteiger charge is 2.28. The average Bonchev–Trinajstić information content (AvgIpc) is 2.87. The smallest absolute Gasteiger partial charge is 0.0431 e. The van der Waals surface area contributed by atoms with Crippen LogP contribution in [-0.2, 0) is 0 Å². The molecule has 0 amide bonds. The Labute approximate surface area is 93.1 Å². The van der Waals surface area contributed by atoms with Gasteiger partial charge in [0.15, 0.2) is 0 Å². The fourth-order valence-corrected chi connectivity index (χ4v) is 2.87. The third-order valence-electron chi connectivity index (χ3n) is 3.79. The average molecular weight is 212 g/mol. The standard InChI is InChI=1S/C12H24N2O/c15-10-4-3-6-13-9-5-12(11-13)14-7-1-2-8-14/h12,15H,1-11H2. The predicted octanol–water partition coefficient (Wildman–Crippen LogP) is 0.929. The molecule has 2 fully saturated rings. The second-order valence-electron chi connectivity index (χ2n) is 4.92. The SMILES string of the molecule is OCCCCN1CCC(N2CCCC2)C1. The zero-order chi connectivity index (χ0) is 10.5. The van der Waals surface area contributed by atoms with Gasteiger partial charge in [0.05, 0.1) is 0 Å². The second-order valence-corrected chi connectivity index (χ2v) is 4.92. The molecule has 2 aliphatic heterocycles. The van der Waals surface area contributed by atoms with Gasteiger partial charge in [0.25, 0.3) is 0 Å². The minimum Gasteiger partial charge on any atom is -0.396 e. The number of rotatable bonds is 5. The Morgan fingerprint density at radius 1 is 1.07 bits per heavy atom. The summed E-state index contributed by atoms with van der Waals surface area (Å²) in [5.74, 6) is 0. The molecule has 3 heteroatoms. The molecule has 3 nitrogen and oxygen atoms in total. The van der Waals surface area contributed by atoms with Gasteiger partial charge in [-0.15, -0.1) is 0 Å². The third kappa shape index (κ3) is 3.16. The number of nitrogens with zero attached hydrogens (tertiary/aromatic N) is 2. The lowest BCUT2D eigenvalue weighted by atomic mass is 10.2. The van der Waals surface area contributed by atoms with E-state index in [0.29, 0.717) is 6.61 Å². The zero-order valence-corrected chi connectivity index (χ0v) is 9.70. The summed E-state index contributed by atoms with van der Waals surface area (Å²) in [5, 5.41) is 8.74. The molecular weight excluding hydrogens is 188 g/mol. The largest absolute Gasteiger partial charge is 0.396 e. The van der Waals surface area contributed by atoms with Gasteiger partial charge < -0.3 is 10.0 Å². The summed E-state index contributed by atoms with van der Waals surface area (Å²) in [4.78, 5) is 5.24. The number of aliphatic hydroxyl groups is 1. The van der Waals surface area contributed by atoms with Crippen molar-refractivity contribution in [2.75, 3.05) is 39.3 Å². The van der Waals surface area contributed by atoms with Gasteiger partial charge in [-0.05, 0) is 58.3 Å². The highest BCUT2D eigenvalue weighted by molar-refractivity contribution is 4.85. The van der Waals surface area contributed by atoms with Crippen molar-refractivity contribution >= 4 is 0 Å². The summed E-state index contributed by atoms with van der Waals surface area (Å²) in [6.45, 7) is 6.73. The molecule has 0 aromatic rings. The summed E-state index contributed by atoms with van der Waals surface area (Å²) in [5.41, 5.74) is 0. The van der Waals surface area contributed by atoms with Crippen molar-refractivity contribution in [3.8, 4) is 0 Å². The fourth-order valence-electron chi connectivity index (χ4n) is 2.87. The van der Waals surface area contributed by atoms with Crippen LogP contribution in [0.15, 0.2) is 0 Å². The van der Waals surface area contributed by atoms with E-state index in [4.69, 9.17) is 5.11 Å². The van der Waals surface area contributed by atoms with Crippen molar-refractivity contribution in [1.29, 1.82) is 0 Å². The van der Waals surface area contributed by atoms with Crippen LogP contribution in [0, 0.1) is 0 Å². The Hall–Kier alpha value is -0.120. The minimum absolute atomic E-state index is 0.351. The molecule has 1 N–H and O–H groups in total. The van der Waals surface area contributed by atoms with E-state index in [9.17, 15) is 0 Å². The molecule has 0 radical (unpaired) electrons. The molecule has 0 aromatic heterocycles. The highest BCUT2D eigenvalue weighted by Crippen LogP contribution is 2.20. The van der Waals surface area contributed by atoms with Crippen LogP contribution in [0.5, 0.6) is 0 Å². The van der Waals surface area contributed by atoms with E-state index in [-0.39, 0.29) is 0 Å². The van der Waals surface area contributed by atoms with Crippen LogP contribution in [0.2, 0.25) is 0 Å². The first-order valence-electron chi connectivity index (χ1n) is 6.47. The van der Waals surface area contributed by atoms with E-state index in [0.717, 1.165) is 18.9 Å².